The zero-order chi connectivity index (χ0) is 23.3. The molecule has 2 saturated heterocycles. The molecule has 2 N–H and O–H groups in total. The van der Waals surface area contributed by atoms with Crippen LogP contribution in [-0.4, -0.2) is 47.2 Å². The number of phenols is 1. The molecule has 1 aromatic rings. The number of hydrogen-bond donors (Lipinski definition) is 2. The summed E-state index contributed by atoms with van der Waals surface area (Å²) >= 11 is 0. The number of methoxy groups -OCH3 is 1. The number of aryl methyl sites for hydroxylation is 2. The lowest BCUT2D eigenvalue weighted by atomic mass is 9.54. The molecule has 32 heavy (non-hydrogen) atoms. The Bertz CT molecular complexity index is 997. The summed E-state index contributed by atoms with van der Waals surface area (Å²) in [5.41, 5.74) is 3.77. The van der Waals surface area contributed by atoms with Crippen LogP contribution in [0.5, 0.6) is 5.75 Å². The van der Waals surface area contributed by atoms with E-state index >= 15 is 0 Å². The van der Waals surface area contributed by atoms with Gasteiger partial charge in [-0.2, -0.15) is 4.90 Å². The molecule has 1 aliphatic carbocycles. The maximum Gasteiger partial charge on any atom is 0.487 e. The number of ether oxygens (including phenoxy) is 1. The summed E-state index contributed by atoms with van der Waals surface area (Å²) in [5.74, 6) is -2.71. The molecule has 3 amide bonds. The first kappa shape index (κ1) is 22.5. The molecule has 9 heteroatoms. The van der Waals surface area contributed by atoms with Crippen molar-refractivity contribution in [3.63, 3.8) is 0 Å². The summed E-state index contributed by atoms with van der Waals surface area (Å²) in [6.07, 6.45) is 0.717. The van der Waals surface area contributed by atoms with Crippen molar-refractivity contribution in [2.24, 2.45) is 17.8 Å². The number of allylic oxidation sites excluding steroid dienone is 2. The average molecular weight is 441 g/mol. The lowest BCUT2D eigenvalue weighted by molar-refractivity contribution is -0.137. The Kier molecular flexibility index (Phi) is 5.90. The molecule has 0 aromatic heterocycles. The van der Waals surface area contributed by atoms with Gasteiger partial charge in [-0.05, 0) is 73.3 Å². The number of likely N-dealkylation sites (tertiary alicyclic amines) is 1. The van der Waals surface area contributed by atoms with Crippen LogP contribution >= 0.6 is 0 Å². The summed E-state index contributed by atoms with van der Waals surface area (Å²) in [4.78, 5) is 39.0. The number of imide groups is 3. The van der Waals surface area contributed by atoms with Gasteiger partial charge >= 0.3 is 13.2 Å². The molecule has 0 spiro atoms. The van der Waals surface area contributed by atoms with Gasteiger partial charge in [0.15, 0.2) is 0 Å². The van der Waals surface area contributed by atoms with E-state index in [0.717, 1.165) is 24.7 Å². The van der Waals surface area contributed by atoms with Gasteiger partial charge in [0.1, 0.15) is 5.75 Å². The molecule has 2 fully saturated rings. The second-order valence-electron chi connectivity index (χ2n) is 8.95. The summed E-state index contributed by atoms with van der Waals surface area (Å²) in [7, 11) is -0.0634. The first-order chi connectivity index (χ1) is 15.2. The average Bonchev–Trinajstić information content (AvgIpc) is 3.01. The Morgan fingerprint density at radius 2 is 1.88 bits per heavy atom. The molecular formula is C23H28BNO7. The van der Waals surface area contributed by atoms with E-state index in [0.29, 0.717) is 40.8 Å². The molecule has 0 saturated carbocycles. The third kappa shape index (κ3) is 3.44. The number of hydrogen-bond acceptors (Lipinski definition) is 7. The molecule has 2 heterocycles. The van der Waals surface area contributed by atoms with Crippen LogP contribution in [0.4, 0.5) is 4.79 Å². The minimum absolute atomic E-state index is 0.207. The Balaban J connectivity index is 1.76. The molecule has 2 aliphatic heterocycles. The quantitative estimate of drug-likeness (QED) is 0.548. The number of benzene rings is 1. The van der Waals surface area contributed by atoms with E-state index in [4.69, 9.17) is 4.65 Å². The van der Waals surface area contributed by atoms with Gasteiger partial charge < -0.3 is 19.5 Å². The predicted molar refractivity (Wildman–Crippen MR) is 115 cm³/mol. The van der Waals surface area contributed by atoms with Crippen LogP contribution in [0, 0.1) is 31.6 Å². The fourth-order valence-electron chi connectivity index (χ4n) is 5.61. The van der Waals surface area contributed by atoms with Crippen molar-refractivity contribution in [1.29, 1.82) is 0 Å². The van der Waals surface area contributed by atoms with Crippen molar-refractivity contribution in [2.45, 2.75) is 52.6 Å². The lowest BCUT2D eigenvalue weighted by Gasteiger charge is -2.42. The van der Waals surface area contributed by atoms with Crippen LogP contribution in [0.15, 0.2) is 23.2 Å². The minimum atomic E-state index is -1.20. The van der Waals surface area contributed by atoms with E-state index < -0.39 is 48.9 Å². The van der Waals surface area contributed by atoms with Crippen LogP contribution in [0.2, 0.25) is 0 Å². The Morgan fingerprint density at radius 1 is 1.22 bits per heavy atom. The highest BCUT2D eigenvalue weighted by Gasteiger charge is 2.59. The Labute approximate surface area is 187 Å². The number of rotatable bonds is 3. The fraction of sp³-hybridized carbons (Fsp3) is 0.522. The molecule has 0 radical (unpaired) electrons. The van der Waals surface area contributed by atoms with E-state index in [9.17, 15) is 24.5 Å². The topological polar surface area (TPSA) is 113 Å². The lowest BCUT2D eigenvalue weighted by Crippen LogP contribution is -2.45. The first-order valence-corrected chi connectivity index (χ1v) is 11.0. The number of amides is 3. The van der Waals surface area contributed by atoms with Crippen LogP contribution in [-0.2, 0) is 19.0 Å². The zero-order valence-electron chi connectivity index (χ0n) is 18.8. The van der Waals surface area contributed by atoms with Crippen LogP contribution < -0.4 is 0 Å². The molecule has 170 valence electrons. The Hall–Kier alpha value is -2.65. The number of carbonyl (C=O) groups excluding carboxylic acids is 3. The van der Waals surface area contributed by atoms with Gasteiger partial charge in [-0.25, -0.2) is 4.79 Å². The SMILES string of the molecule is CCCC1=C2B(O)O[C@H](c3cc(C)c(O)c(C)c3)C[C@H]2[C@H]2C(=O)N(C(=O)OC)C(=O)[C@H]2C1. The normalized spacial score (nSPS) is 27.5. The summed E-state index contributed by atoms with van der Waals surface area (Å²) in [6, 6.07) is 3.62. The maximum absolute atomic E-state index is 13.2. The molecule has 3 aliphatic rings. The van der Waals surface area contributed by atoms with Crippen LogP contribution in [0.3, 0.4) is 0 Å². The Morgan fingerprint density at radius 3 is 2.47 bits per heavy atom. The van der Waals surface area contributed by atoms with Gasteiger partial charge in [-0.1, -0.05) is 18.9 Å². The van der Waals surface area contributed by atoms with E-state index in [1.807, 2.05) is 19.1 Å². The molecule has 4 atom stereocenters. The van der Waals surface area contributed by atoms with Crippen molar-refractivity contribution < 1.29 is 33.9 Å². The van der Waals surface area contributed by atoms with Crippen molar-refractivity contribution in [1.82, 2.24) is 4.90 Å². The third-order valence-corrected chi connectivity index (χ3v) is 7.01. The van der Waals surface area contributed by atoms with Crippen molar-refractivity contribution >= 4 is 25.0 Å². The standard InChI is InChI=1S/C23H28BNO7/c1-5-6-13-9-16-18(22(28)25(21(16)27)23(29)31-4)15-10-17(32-24(30)19(13)15)14-7-11(2)20(26)12(3)8-14/h7-8,15-18,26,30H,5-6,9-10H2,1-4H3/t15-,16-,17-,18+/m0/s1. The molecule has 4 rings (SSSR count). The van der Waals surface area contributed by atoms with E-state index in [2.05, 4.69) is 4.74 Å². The summed E-state index contributed by atoms with van der Waals surface area (Å²) in [6.45, 7) is 5.59. The van der Waals surface area contributed by atoms with E-state index in [1.165, 1.54) is 0 Å². The van der Waals surface area contributed by atoms with Gasteiger partial charge in [0.05, 0.1) is 25.0 Å². The van der Waals surface area contributed by atoms with E-state index in [1.54, 1.807) is 13.8 Å². The highest BCUT2D eigenvalue weighted by Crippen LogP contribution is 2.52. The van der Waals surface area contributed by atoms with Gasteiger partial charge in [0.25, 0.3) is 0 Å². The van der Waals surface area contributed by atoms with Crippen molar-refractivity contribution in [3.8, 4) is 5.75 Å². The number of aromatic hydroxyl groups is 1. The molecular weight excluding hydrogens is 413 g/mol. The summed E-state index contributed by atoms with van der Waals surface area (Å²) in [5, 5.41) is 21.1. The van der Waals surface area contributed by atoms with E-state index in [-0.39, 0.29) is 5.75 Å². The van der Waals surface area contributed by atoms with Crippen molar-refractivity contribution in [2.75, 3.05) is 7.11 Å². The van der Waals surface area contributed by atoms with Gasteiger partial charge in [0.2, 0.25) is 11.8 Å². The molecule has 1 aromatic carbocycles. The van der Waals surface area contributed by atoms with Crippen LogP contribution in [0.1, 0.15) is 55.4 Å². The van der Waals surface area contributed by atoms with Gasteiger partial charge in [-0.3, -0.25) is 9.59 Å². The highest BCUT2D eigenvalue weighted by atomic mass is 16.5. The smallest absolute Gasteiger partial charge is 0.487 e. The van der Waals surface area contributed by atoms with Gasteiger partial charge in [-0.15, -0.1) is 0 Å². The molecule has 0 unspecified atom stereocenters. The molecule has 8 nitrogen and oxygen atoms in total. The highest BCUT2D eigenvalue weighted by molar-refractivity contribution is 6.53. The number of nitrogens with zero attached hydrogens (tertiary/aromatic N) is 1. The van der Waals surface area contributed by atoms with Crippen LogP contribution in [0.25, 0.3) is 0 Å². The predicted octanol–water partition coefficient (Wildman–Crippen LogP) is 2.97. The van der Waals surface area contributed by atoms with Gasteiger partial charge in [0, 0.05) is 0 Å². The fourth-order valence-corrected chi connectivity index (χ4v) is 5.61. The maximum atomic E-state index is 13.2. The first-order valence-electron chi connectivity index (χ1n) is 11.0. The monoisotopic (exact) mass is 441 g/mol. The molecule has 0 bridgehead atoms. The number of phenolic OH excluding ortho intramolecular Hbond substituents is 1. The van der Waals surface area contributed by atoms with Crippen molar-refractivity contribution in [3.05, 3.63) is 39.9 Å². The summed E-state index contributed by atoms with van der Waals surface area (Å²) < 4.78 is 10.7. The second kappa shape index (κ2) is 8.37. The second-order valence-corrected chi connectivity index (χ2v) is 8.95. The minimum Gasteiger partial charge on any atom is -0.507 e. The number of carbonyl (C=O) groups is 3. The largest absolute Gasteiger partial charge is 0.507 e. The number of fused-ring (bicyclic) bond motifs is 3. The zero-order valence-corrected chi connectivity index (χ0v) is 18.8. The third-order valence-electron chi connectivity index (χ3n) is 7.01.